The molecule has 6 nitrogen and oxygen atoms in total. The number of methoxy groups -OCH3 is 2. The van der Waals surface area contributed by atoms with Crippen LogP contribution in [-0.4, -0.2) is 44.6 Å². The number of carboxylic acids is 1. The fraction of sp³-hybridized carbons (Fsp3) is 0.316. The monoisotopic (exact) mass is 344 g/mol. The van der Waals surface area contributed by atoms with Crippen LogP contribution in [0.15, 0.2) is 36.4 Å². The third kappa shape index (κ3) is 3.69. The molecule has 0 aliphatic carbocycles. The molecule has 0 spiro atoms. The van der Waals surface area contributed by atoms with Gasteiger partial charge in [0.25, 0.3) is 0 Å². The molecular weight excluding hydrogens is 324 g/mol. The summed E-state index contributed by atoms with van der Waals surface area (Å²) in [6.45, 7) is 1.33. The van der Waals surface area contributed by atoms with Crippen LogP contribution in [0.25, 0.3) is 11.1 Å². The van der Waals surface area contributed by atoms with Gasteiger partial charge in [-0.2, -0.15) is 0 Å². The number of rotatable bonds is 6. The second kappa shape index (κ2) is 7.44. The van der Waals surface area contributed by atoms with E-state index in [0.717, 1.165) is 24.3 Å². The van der Waals surface area contributed by atoms with E-state index in [4.69, 9.17) is 18.9 Å². The Morgan fingerprint density at radius 1 is 1.16 bits per heavy atom. The molecule has 0 saturated carbocycles. The Kier molecular flexibility index (Phi) is 5.09. The van der Waals surface area contributed by atoms with Gasteiger partial charge in [-0.1, -0.05) is 12.1 Å². The lowest BCUT2D eigenvalue weighted by Crippen LogP contribution is -2.15. The van der Waals surface area contributed by atoms with E-state index in [9.17, 15) is 9.90 Å². The van der Waals surface area contributed by atoms with E-state index in [-0.39, 0.29) is 11.7 Å². The van der Waals surface area contributed by atoms with Crippen molar-refractivity contribution in [2.24, 2.45) is 0 Å². The van der Waals surface area contributed by atoms with Gasteiger partial charge in [0.1, 0.15) is 11.9 Å². The fourth-order valence-electron chi connectivity index (χ4n) is 2.81. The second-order valence-electron chi connectivity index (χ2n) is 5.69. The van der Waals surface area contributed by atoms with E-state index in [1.165, 1.54) is 20.3 Å². The average molecular weight is 344 g/mol. The van der Waals surface area contributed by atoms with Crippen LogP contribution in [0.1, 0.15) is 16.8 Å². The van der Waals surface area contributed by atoms with Crippen molar-refractivity contribution in [3.8, 4) is 28.4 Å². The molecule has 2 aromatic carbocycles. The summed E-state index contributed by atoms with van der Waals surface area (Å²) in [6, 6.07) is 10.5. The van der Waals surface area contributed by atoms with Crippen LogP contribution >= 0.6 is 0 Å². The minimum absolute atomic E-state index is 0.0795. The summed E-state index contributed by atoms with van der Waals surface area (Å²) in [5.74, 6) is 0.592. The first-order valence-corrected chi connectivity index (χ1v) is 7.96. The predicted molar refractivity (Wildman–Crippen MR) is 91.8 cm³/mol. The molecule has 2 aromatic rings. The first kappa shape index (κ1) is 17.1. The Morgan fingerprint density at radius 3 is 2.48 bits per heavy atom. The van der Waals surface area contributed by atoms with Crippen LogP contribution in [0, 0.1) is 0 Å². The Morgan fingerprint density at radius 2 is 1.92 bits per heavy atom. The highest BCUT2D eigenvalue weighted by Gasteiger charge is 2.19. The molecular formula is C19H20O6. The van der Waals surface area contributed by atoms with Crippen molar-refractivity contribution >= 4 is 5.97 Å². The number of aromatic carboxylic acids is 1. The molecule has 132 valence electrons. The van der Waals surface area contributed by atoms with Crippen molar-refractivity contribution < 1.29 is 28.8 Å². The molecule has 6 heteroatoms. The largest absolute Gasteiger partial charge is 0.493 e. The van der Waals surface area contributed by atoms with Crippen LogP contribution in [-0.2, 0) is 4.74 Å². The summed E-state index contributed by atoms with van der Waals surface area (Å²) in [4.78, 5) is 11.4. The SMILES string of the molecule is COc1cc(C(=O)O)cc(-c2ccc(OC3CCOC3)cc2)c1OC. The summed E-state index contributed by atoms with van der Waals surface area (Å²) in [5.41, 5.74) is 1.60. The maximum atomic E-state index is 11.4. The number of hydrogen-bond donors (Lipinski definition) is 1. The van der Waals surface area contributed by atoms with Gasteiger partial charge in [0.2, 0.25) is 0 Å². The van der Waals surface area contributed by atoms with Crippen molar-refractivity contribution in [2.45, 2.75) is 12.5 Å². The van der Waals surface area contributed by atoms with Crippen LogP contribution in [0.4, 0.5) is 0 Å². The van der Waals surface area contributed by atoms with E-state index in [0.29, 0.717) is 23.7 Å². The van der Waals surface area contributed by atoms with Gasteiger partial charge in [-0.15, -0.1) is 0 Å². The lowest BCUT2D eigenvalue weighted by Gasteiger charge is -2.15. The van der Waals surface area contributed by atoms with Crippen LogP contribution in [0.5, 0.6) is 17.2 Å². The predicted octanol–water partition coefficient (Wildman–Crippen LogP) is 3.24. The molecule has 0 amide bonds. The first-order chi connectivity index (χ1) is 12.1. The Hall–Kier alpha value is -2.73. The van der Waals surface area contributed by atoms with Crippen LogP contribution < -0.4 is 14.2 Å². The van der Waals surface area contributed by atoms with E-state index < -0.39 is 5.97 Å². The smallest absolute Gasteiger partial charge is 0.335 e. The van der Waals surface area contributed by atoms with Crippen LogP contribution in [0.2, 0.25) is 0 Å². The standard InChI is InChI=1S/C19H20O6/c1-22-17-10-13(19(20)21)9-16(18(17)23-2)12-3-5-14(6-4-12)25-15-7-8-24-11-15/h3-6,9-10,15H,7-8,11H2,1-2H3,(H,20,21). The Balaban J connectivity index is 1.94. The third-order valence-electron chi connectivity index (χ3n) is 4.08. The number of carbonyl (C=O) groups is 1. The zero-order valence-corrected chi connectivity index (χ0v) is 14.2. The van der Waals surface area contributed by atoms with Crippen LogP contribution in [0.3, 0.4) is 0 Å². The quantitative estimate of drug-likeness (QED) is 0.867. The molecule has 1 N–H and O–H groups in total. The number of benzene rings is 2. The normalized spacial score (nSPS) is 16.5. The zero-order chi connectivity index (χ0) is 17.8. The average Bonchev–Trinajstić information content (AvgIpc) is 3.14. The van der Waals surface area contributed by atoms with Gasteiger partial charge in [-0.05, 0) is 29.8 Å². The highest BCUT2D eigenvalue weighted by atomic mass is 16.5. The summed E-state index contributed by atoms with van der Waals surface area (Å²) in [5, 5.41) is 9.31. The van der Waals surface area contributed by atoms with Crippen molar-refractivity contribution in [3.05, 3.63) is 42.0 Å². The summed E-state index contributed by atoms with van der Waals surface area (Å²) >= 11 is 0. The minimum Gasteiger partial charge on any atom is -0.493 e. The lowest BCUT2D eigenvalue weighted by molar-refractivity contribution is 0.0696. The maximum absolute atomic E-state index is 11.4. The molecule has 1 atom stereocenters. The number of ether oxygens (including phenoxy) is 4. The molecule has 0 radical (unpaired) electrons. The second-order valence-corrected chi connectivity index (χ2v) is 5.69. The third-order valence-corrected chi connectivity index (χ3v) is 4.08. The van der Waals surface area contributed by atoms with Gasteiger partial charge in [-0.25, -0.2) is 4.79 Å². The van der Waals surface area contributed by atoms with E-state index in [2.05, 4.69) is 0 Å². The summed E-state index contributed by atoms with van der Waals surface area (Å²) in [6.07, 6.45) is 0.962. The van der Waals surface area contributed by atoms with Crippen molar-refractivity contribution in [1.29, 1.82) is 0 Å². The minimum atomic E-state index is -1.02. The van der Waals surface area contributed by atoms with E-state index in [1.54, 1.807) is 6.07 Å². The van der Waals surface area contributed by atoms with Crippen molar-refractivity contribution in [1.82, 2.24) is 0 Å². The highest BCUT2D eigenvalue weighted by molar-refractivity contribution is 5.92. The molecule has 25 heavy (non-hydrogen) atoms. The van der Waals surface area contributed by atoms with Gasteiger partial charge < -0.3 is 24.1 Å². The van der Waals surface area contributed by atoms with Gasteiger partial charge >= 0.3 is 5.97 Å². The molecule has 1 aliphatic rings. The maximum Gasteiger partial charge on any atom is 0.335 e. The summed E-state index contributed by atoms with van der Waals surface area (Å²) in [7, 11) is 3.01. The van der Waals surface area contributed by atoms with Crippen molar-refractivity contribution in [3.63, 3.8) is 0 Å². The van der Waals surface area contributed by atoms with Gasteiger partial charge in [0.05, 0.1) is 33.0 Å². The Labute approximate surface area is 145 Å². The Bertz CT molecular complexity index is 747. The number of hydrogen-bond acceptors (Lipinski definition) is 5. The lowest BCUT2D eigenvalue weighted by atomic mass is 10.0. The fourth-order valence-corrected chi connectivity index (χ4v) is 2.81. The van der Waals surface area contributed by atoms with Gasteiger partial charge in [0, 0.05) is 12.0 Å². The molecule has 1 aliphatic heterocycles. The summed E-state index contributed by atoms with van der Waals surface area (Å²) < 4.78 is 21.9. The van der Waals surface area contributed by atoms with E-state index >= 15 is 0 Å². The highest BCUT2D eigenvalue weighted by Crippen LogP contribution is 2.39. The topological polar surface area (TPSA) is 74.2 Å². The molecule has 1 saturated heterocycles. The number of carboxylic acid groups (broad SMARTS) is 1. The van der Waals surface area contributed by atoms with Crippen molar-refractivity contribution in [2.75, 3.05) is 27.4 Å². The molecule has 1 unspecified atom stereocenters. The first-order valence-electron chi connectivity index (χ1n) is 7.96. The van der Waals surface area contributed by atoms with Gasteiger partial charge in [-0.3, -0.25) is 0 Å². The molecule has 0 bridgehead atoms. The van der Waals surface area contributed by atoms with Gasteiger partial charge in [0.15, 0.2) is 11.5 Å². The molecule has 1 heterocycles. The van der Waals surface area contributed by atoms with E-state index in [1.807, 2.05) is 24.3 Å². The zero-order valence-electron chi connectivity index (χ0n) is 14.2. The molecule has 1 fully saturated rings. The molecule has 3 rings (SSSR count). The molecule has 0 aromatic heterocycles.